The number of hydrogen-bond donors (Lipinski definition) is 2. The van der Waals surface area contributed by atoms with Crippen molar-refractivity contribution >= 4 is 0 Å². The summed E-state index contributed by atoms with van der Waals surface area (Å²) in [6.07, 6.45) is -0.301. The number of nitrogens with one attached hydrogen (secondary N) is 1. The maximum Gasteiger partial charge on any atom is 0.0636 e. The van der Waals surface area contributed by atoms with Gasteiger partial charge in [0.25, 0.3) is 0 Å². The molecule has 2 heteroatoms. The molecule has 0 saturated heterocycles. The van der Waals surface area contributed by atoms with Crippen LogP contribution in [0.2, 0.25) is 0 Å². The van der Waals surface area contributed by atoms with Crippen molar-refractivity contribution < 1.29 is 5.11 Å². The summed E-state index contributed by atoms with van der Waals surface area (Å²) in [4.78, 5) is 0. The van der Waals surface area contributed by atoms with Crippen LogP contribution in [0.25, 0.3) is 0 Å². The molecule has 0 bridgehead atoms. The molecule has 2 N–H and O–H groups in total. The van der Waals surface area contributed by atoms with E-state index < -0.39 is 0 Å². The van der Waals surface area contributed by atoms with Gasteiger partial charge in [0.05, 0.1) is 6.10 Å². The summed E-state index contributed by atoms with van der Waals surface area (Å²) in [5.41, 5.74) is 2.64. The second-order valence-corrected chi connectivity index (χ2v) is 4.84. The highest BCUT2D eigenvalue weighted by Crippen LogP contribution is 2.24. The van der Waals surface area contributed by atoms with Crippen LogP contribution in [-0.2, 0) is 0 Å². The molecule has 0 radical (unpaired) electrons. The minimum atomic E-state index is -0.301. The molecule has 0 spiro atoms. The van der Waals surface area contributed by atoms with Gasteiger partial charge in [-0.2, -0.15) is 0 Å². The predicted molar refractivity (Wildman–Crippen MR) is 68.4 cm³/mol. The van der Waals surface area contributed by atoms with E-state index in [9.17, 15) is 5.11 Å². The van der Waals surface area contributed by atoms with Crippen molar-refractivity contribution in [3.8, 4) is 0 Å². The number of aryl methyl sites for hydroxylation is 1. The highest BCUT2D eigenvalue weighted by molar-refractivity contribution is 5.29. The molecule has 0 aliphatic carbocycles. The van der Waals surface area contributed by atoms with Crippen LogP contribution in [0, 0.1) is 12.8 Å². The van der Waals surface area contributed by atoms with E-state index in [1.54, 1.807) is 0 Å². The van der Waals surface area contributed by atoms with Gasteiger partial charge in [-0.3, -0.25) is 0 Å². The third-order valence-electron chi connectivity index (χ3n) is 2.82. The first-order valence-corrected chi connectivity index (χ1v) is 5.99. The summed E-state index contributed by atoms with van der Waals surface area (Å²) < 4.78 is 0. The average Bonchev–Trinajstić information content (AvgIpc) is 2.20. The molecule has 1 unspecified atom stereocenters. The summed E-state index contributed by atoms with van der Waals surface area (Å²) in [7, 11) is 0. The monoisotopic (exact) mass is 221 g/mol. The Bertz CT molecular complexity index is 320. The maximum absolute atomic E-state index is 9.34. The van der Waals surface area contributed by atoms with E-state index in [0.717, 1.165) is 0 Å². The quantitative estimate of drug-likeness (QED) is 0.801. The topological polar surface area (TPSA) is 32.3 Å². The molecular formula is C14H23NO. The first-order valence-electron chi connectivity index (χ1n) is 5.99. The molecule has 1 rings (SSSR count). The molecule has 0 heterocycles. The van der Waals surface area contributed by atoms with Gasteiger partial charge in [0.2, 0.25) is 0 Å². The van der Waals surface area contributed by atoms with Crippen molar-refractivity contribution in [3.63, 3.8) is 0 Å². The van der Waals surface area contributed by atoms with Gasteiger partial charge in [0.15, 0.2) is 0 Å². The van der Waals surface area contributed by atoms with Crippen molar-refractivity contribution in [1.29, 1.82) is 0 Å². The summed E-state index contributed by atoms with van der Waals surface area (Å²) in [6, 6.07) is 8.74. The first kappa shape index (κ1) is 13.2. The van der Waals surface area contributed by atoms with E-state index in [2.05, 4.69) is 50.4 Å². The third-order valence-corrected chi connectivity index (χ3v) is 2.82. The fourth-order valence-electron chi connectivity index (χ4n) is 1.94. The number of aliphatic hydroxyl groups excluding tert-OH is 1. The van der Waals surface area contributed by atoms with E-state index in [1.807, 2.05) is 6.92 Å². The number of rotatable bonds is 5. The minimum absolute atomic E-state index is 0.301. The van der Waals surface area contributed by atoms with Gasteiger partial charge < -0.3 is 10.4 Å². The first-order chi connectivity index (χ1) is 7.52. The van der Waals surface area contributed by atoms with Crippen molar-refractivity contribution in [2.45, 2.75) is 39.8 Å². The molecule has 16 heavy (non-hydrogen) atoms. The van der Waals surface area contributed by atoms with Gasteiger partial charge in [0.1, 0.15) is 0 Å². The van der Waals surface area contributed by atoms with Crippen molar-refractivity contribution in [2.24, 2.45) is 5.92 Å². The number of benzene rings is 1. The van der Waals surface area contributed by atoms with E-state index in [4.69, 9.17) is 0 Å². The summed E-state index contributed by atoms with van der Waals surface area (Å²) >= 11 is 0. The molecule has 0 aliphatic heterocycles. The number of aliphatic hydroxyl groups is 1. The maximum atomic E-state index is 9.34. The van der Waals surface area contributed by atoms with Crippen LogP contribution in [0.1, 0.15) is 37.9 Å². The number of hydrogen-bond acceptors (Lipinski definition) is 2. The van der Waals surface area contributed by atoms with E-state index >= 15 is 0 Å². The SMILES string of the molecule is Cc1ccccc1C(NC[C@H](C)O)C(C)C. The zero-order valence-corrected chi connectivity index (χ0v) is 10.7. The van der Waals surface area contributed by atoms with Crippen molar-refractivity contribution in [2.75, 3.05) is 6.54 Å². The van der Waals surface area contributed by atoms with Crippen LogP contribution in [0.15, 0.2) is 24.3 Å². The Kier molecular flexibility index (Phi) is 4.97. The molecule has 0 fully saturated rings. The van der Waals surface area contributed by atoms with Gasteiger partial charge in [-0.1, -0.05) is 38.1 Å². The Morgan fingerprint density at radius 2 is 1.81 bits per heavy atom. The minimum Gasteiger partial charge on any atom is -0.392 e. The summed E-state index contributed by atoms with van der Waals surface area (Å²) in [6.45, 7) is 8.98. The molecule has 0 aromatic heterocycles. The molecular weight excluding hydrogens is 198 g/mol. The molecule has 1 aromatic rings. The lowest BCUT2D eigenvalue weighted by Gasteiger charge is -2.25. The zero-order chi connectivity index (χ0) is 12.1. The van der Waals surface area contributed by atoms with E-state index in [-0.39, 0.29) is 6.10 Å². The molecule has 90 valence electrons. The van der Waals surface area contributed by atoms with Crippen LogP contribution >= 0.6 is 0 Å². The molecule has 0 saturated carbocycles. The van der Waals surface area contributed by atoms with Crippen LogP contribution in [-0.4, -0.2) is 17.8 Å². The Morgan fingerprint density at radius 3 is 2.31 bits per heavy atom. The fourth-order valence-corrected chi connectivity index (χ4v) is 1.94. The van der Waals surface area contributed by atoms with Gasteiger partial charge in [-0.25, -0.2) is 0 Å². The Hall–Kier alpha value is -0.860. The summed E-state index contributed by atoms with van der Waals surface area (Å²) in [5, 5.41) is 12.8. The second-order valence-electron chi connectivity index (χ2n) is 4.84. The Balaban J connectivity index is 2.82. The van der Waals surface area contributed by atoms with E-state index in [0.29, 0.717) is 18.5 Å². The molecule has 2 atom stereocenters. The highest BCUT2D eigenvalue weighted by atomic mass is 16.3. The van der Waals surface area contributed by atoms with Gasteiger partial charge in [0, 0.05) is 12.6 Å². The third kappa shape index (κ3) is 3.62. The Morgan fingerprint density at radius 1 is 1.19 bits per heavy atom. The molecule has 2 nitrogen and oxygen atoms in total. The highest BCUT2D eigenvalue weighted by Gasteiger charge is 2.17. The van der Waals surface area contributed by atoms with Gasteiger partial charge >= 0.3 is 0 Å². The standard InChI is InChI=1S/C14H23NO/c1-10(2)14(15-9-12(4)16)13-8-6-5-7-11(13)3/h5-8,10,12,14-16H,9H2,1-4H3/t12-,14?/m0/s1. The smallest absolute Gasteiger partial charge is 0.0636 e. The molecule has 0 aliphatic rings. The summed E-state index contributed by atoms with van der Waals surface area (Å²) in [5.74, 6) is 0.514. The van der Waals surface area contributed by atoms with Crippen LogP contribution in [0.4, 0.5) is 0 Å². The molecule has 0 amide bonds. The molecule has 1 aromatic carbocycles. The fraction of sp³-hybridized carbons (Fsp3) is 0.571. The Labute approximate surface area is 98.7 Å². The van der Waals surface area contributed by atoms with Crippen LogP contribution in [0.3, 0.4) is 0 Å². The lowest BCUT2D eigenvalue weighted by molar-refractivity contribution is 0.181. The van der Waals surface area contributed by atoms with Gasteiger partial charge in [-0.05, 0) is 30.9 Å². The van der Waals surface area contributed by atoms with Gasteiger partial charge in [-0.15, -0.1) is 0 Å². The second kappa shape index (κ2) is 6.02. The van der Waals surface area contributed by atoms with Crippen LogP contribution < -0.4 is 5.32 Å². The van der Waals surface area contributed by atoms with E-state index in [1.165, 1.54) is 11.1 Å². The normalized spacial score (nSPS) is 15.1. The van der Waals surface area contributed by atoms with Crippen LogP contribution in [0.5, 0.6) is 0 Å². The van der Waals surface area contributed by atoms with Crippen molar-refractivity contribution in [1.82, 2.24) is 5.32 Å². The van der Waals surface area contributed by atoms with Crippen molar-refractivity contribution in [3.05, 3.63) is 35.4 Å². The predicted octanol–water partition coefficient (Wildman–Crippen LogP) is 2.66. The lowest BCUT2D eigenvalue weighted by atomic mass is 9.92. The zero-order valence-electron chi connectivity index (χ0n) is 10.7. The lowest BCUT2D eigenvalue weighted by Crippen LogP contribution is -2.32. The average molecular weight is 221 g/mol. The largest absolute Gasteiger partial charge is 0.392 e.